The Balaban J connectivity index is 2.11. The predicted molar refractivity (Wildman–Crippen MR) is 105 cm³/mol. The zero-order chi connectivity index (χ0) is 18.3. The molecule has 1 aromatic carbocycles. The molecule has 0 aliphatic carbocycles. The standard InChI is InChI=1S/C20H19ClN4O/c1-3-16-17-18(20(26)23(2)13-22-17)25(15-9-7-14(21)8-10-15)19(16)24-11-5-4-6-12-24/h1,7-10,13H,4-6,11-12H2,2H3. The summed E-state index contributed by atoms with van der Waals surface area (Å²) in [5.74, 6) is 3.66. The second kappa shape index (κ2) is 6.54. The van der Waals surface area contributed by atoms with Gasteiger partial charge in [-0.05, 0) is 43.5 Å². The van der Waals surface area contributed by atoms with Crippen LogP contribution in [0, 0.1) is 12.3 Å². The quantitative estimate of drug-likeness (QED) is 0.653. The smallest absolute Gasteiger partial charge is 0.278 e. The van der Waals surface area contributed by atoms with Gasteiger partial charge in [-0.15, -0.1) is 6.42 Å². The van der Waals surface area contributed by atoms with Gasteiger partial charge in [0.2, 0.25) is 0 Å². The normalized spacial score (nSPS) is 14.6. The minimum atomic E-state index is -0.121. The fourth-order valence-corrected chi connectivity index (χ4v) is 3.74. The molecule has 3 heterocycles. The maximum atomic E-state index is 12.9. The van der Waals surface area contributed by atoms with Crippen molar-refractivity contribution in [3.63, 3.8) is 0 Å². The molecule has 0 radical (unpaired) electrons. The number of anilines is 1. The van der Waals surface area contributed by atoms with E-state index in [9.17, 15) is 4.79 Å². The lowest BCUT2D eigenvalue weighted by molar-refractivity contribution is 0.571. The Kier molecular flexibility index (Phi) is 4.21. The lowest BCUT2D eigenvalue weighted by Crippen LogP contribution is -2.32. The van der Waals surface area contributed by atoms with E-state index in [2.05, 4.69) is 15.8 Å². The lowest BCUT2D eigenvalue weighted by atomic mass is 10.1. The Morgan fingerprint density at radius 2 is 1.85 bits per heavy atom. The van der Waals surface area contributed by atoms with Crippen molar-refractivity contribution < 1.29 is 0 Å². The van der Waals surface area contributed by atoms with Crippen molar-refractivity contribution in [2.75, 3.05) is 18.0 Å². The summed E-state index contributed by atoms with van der Waals surface area (Å²) in [6.07, 6.45) is 10.8. The van der Waals surface area contributed by atoms with Crippen LogP contribution in [0.3, 0.4) is 0 Å². The molecule has 2 aromatic heterocycles. The highest BCUT2D eigenvalue weighted by Gasteiger charge is 2.26. The molecule has 132 valence electrons. The van der Waals surface area contributed by atoms with Crippen LogP contribution in [-0.4, -0.2) is 27.2 Å². The molecule has 0 spiro atoms. The van der Waals surface area contributed by atoms with E-state index in [0.717, 1.165) is 37.4 Å². The average Bonchev–Trinajstić information content (AvgIpc) is 3.01. The highest BCUT2D eigenvalue weighted by molar-refractivity contribution is 6.30. The van der Waals surface area contributed by atoms with E-state index in [1.165, 1.54) is 17.3 Å². The SMILES string of the molecule is C#Cc1c(N2CCCCC2)n(-c2ccc(Cl)cc2)c2c(=O)n(C)cnc12. The van der Waals surface area contributed by atoms with Gasteiger partial charge in [0.25, 0.3) is 5.56 Å². The van der Waals surface area contributed by atoms with E-state index in [-0.39, 0.29) is 5.56 Å². The molecule has 0 N–H and O–H groups in total. The highest BCUT2D eigenvalue weighted by atomic mass is 35.5. The number of aryl methyl sites for hydroxylation is 1. The van der Waals surface area contributed by atoms with Crippen LogP contribution in [0.5, 0.6) is 0 Å². The number of benzene rings is 1. The first-order chi connectivity index (χ1) is 12.6. The second-order valence-electron chi connectivity index (χ2n) is 6.56. The molecule has 1 saturated heterocycles. The summed E-state index contributed by atoms with van der Waals surface area (Å²) in [5, 5.41) is 0.646. The Bertz CT molecular complexity index is 1070. The van der Waals surface area contributed by atoms with Crippen molar-refractivity contribution in [2.45, 2.75) is 19.3 Å². The number of aromatic nitrogens is 3. The minimum Gasteiger partial charge on any atom is -0.357 e. The molecule has 0 bridgehead atoms. The second-order valence-corrected chi connectivity index (χ2v) is 7.00. The largest absolute Gasteiger partial charge is 0.357 e. The third-order valence-electron chi connectivity index (χ3n) is 4.89. The fourth-order valence-electron chi connectivity index (χ4n) is 3.61. The molecule has 0 unspecified atom stereocenters. The summed E-state index contributed by atoms with van der Waals surface area (Å²) in [7, 11) is 1.70. The van der Waals surface area contributed by atoms with Gasteiger partial charge in [-0.1, -0.05) is 17.5 Å². The van der Waals surface area contributed by atoms with Gasteiger partial charge in [0, 0.05) is 30.8 Å². The molecule has 4 rings (SSSR count). The summed E-state index contributed by atoms with van der Waals surface area (Å²) < 4.78 is 3.43. The Morgan fingerprint density at radius 3 is 2.50 bits per heavy atom. The van der Waals surface area contributed by atoms with Gasteiger partial charge >= 0.3 is 0 Å². The van der Waals surface area contributed by atoms with E-state index in [1.54, 1.807) is 7.05 Å². The maximum absolute atomic E-state index is 12.9. The van der Waals surface area contributed by atoms with E-state index in [4.69, 9.17) is 18.0 Å². The van der Waals surface area contributed by atoms with Crippen molar-refractivity contribution in [3.8, 4) is 18.0 Å². The summed E-state index contributed by atoms with van der Waals surface area (Å²) >= 11 is 6.06. The Hall–Kier alpha value is -2.71. The third kappa shape index (κ3) is 2.58. The molecule has 5 nitrogen and oxygen atoms in total. The van der Waals surface area contributed by atoms with Gasteiger partial charge in [-0.3, -0.25) is 9.36 Å². The summed E-state index contributed by atoms with van der Waals surface area (Å²) in [6.45, 7) is 1.83. The van der Waals surface area contributed by atoms with Crippen LogP contribution >= 0.6 is 11.6 Å². The van der Waals surface area contributed by atoms with Crippen LogP contribution in [0.1, 0.15) is 24.8 Å². The van der Waals surface area contributed by atoms with Crippen LogP contribution in [0.2, 0.25) is 5.02 Å². The van der Waals surface area contributed by atoms with Gasteiger partial charge in [-0.2, -0.15) is 0 Å². The zero-order valence-corrected chi connectivity index (χ0v) is 15.3. The number of nitrogens with zero attached hydrogens (tertiary/aromatic N) is 4. The van der Waals surface area contributed by atoms with Crippen molar-refractivity contribution in [3.05, 3.63) is 51.5 Å². The van der Waals surface area contributed by atoms with Gasteiger partial charge in [0.1, 0.15) is 16.9 Å². The zero-order valence-electron chi connectivity index (χ0n) is 14.6. The van der Waals surface area contributed by atoms with Crippen molar-refractivity contribution in [1.29, 1.82) is 0 Å². The monoisotopic (exact) mass is 366 g/mol. The average molecular weight is 367 g/mol. The molecular formula is C20H19ClN4O. The Labute approximate surface area is 156 Å². The van der Waals surface area contributed by atoms with E-state index >= 15 is 0 Å². The number of fused-ring (bicyclic) bond motifs is 1. The van der Waals surface area contributed by atoms with E-state index in [1.807, 2.05) is 28.8 Å². The van der Waals surface area contributed by atoms with Gasteiger partial charge in [0.05, 0.1) is 11.9 Å². The van der Waals surface area contributed by atoms with Gasteiger partial charge in [0.15, 0.2) is 0 Å². The van der Waals surface area contributed by atoms with Gasteiger partial charge < -0.3 is 9.47 Å². The first-order valence-corrected chi connectivity index (χ1v) is 9.07. The molecule has 0 amide bonds. The van der Waals surface area contributed by atoms with Crippen LogP contribution in [0.25, 0.3) is 16.7 Å². The molecule has 26 heavy (non-hydrogen) atoms. The minimum absolute atomic E-state index is 0.121. The summed E-state index contributed by atoms with van der Waals surface area (Å²) in [5.41, 5.74) is 2.49. The number of hydrogen-bond acceptors (Lipinski definition) is 3. The topological polar surface area (TPSA) is 43.1 Å². The molecule has 1 aliphatic heterocycles. The molecule has 6 heteroatoms. The molecule has 0 atom stereocenters. The molecule has 1 fully saturated rings. The molecule has 3 aromatic rings. The first kappa shape index (κ1) is 16.7. The van der Waals surface area contributed by atoms with Crippen LogP contribution in [0.15, 0.2) is 35.4 Å². The third-order valence-corrected chi connectivity index (χ3v) is 5.14. The van der Waals surface area contributed by atoms with Crippen molar-refractivity contribution in [2.24, 2.45) is 7.05 Å². The molecule has 1 aliphatic rings. The number of hydrogen-bond donors (Lipinski definition) is 0. The fraction of sp³-hybridized carbons (Fsp3) is 0.300. The predicted octanol–water partition coefficient (Wildman–Crippen LogP) is 3.35. The van der Waals surface area contributed by atoms with Crippen molar-refractivity contribution in [1.82, 2.24) is 14.1 Å². The van der Waals surface area contributed by atoms with E-state index < -0.39 is 0 Å². The number of piperidine rings is 1. The van der Waals surface area contributed by atoms with Crippen LogP contribution < -0.4 is 10.5 Å². The maximum Gasteiger partial charge on any atom is 0.278 e. The number of halogens is 1. The lowest BCUT2D eigenvalue weighted by Gasteiger charge is -2.30. The highest BCUT2D eigenvalue weighted by Crippen LogP contribution is 2.34. The van der Waals surface area contributed by atoms with E-state index in [0.29, 0.717) is 21.6 Å². The summed E-state index contributed by atoms with van der Waals surface area (Å²) in [6, 6.07) is 7.45. The Morgan fingerprint density at radius 1 is 1.15 bits per heavy atom. The van der Waals surface area contributed by atoms with Crippen LogP contribution in [0.4, 0.5) is 5.82 Å². The molecular weight excluding hydrogens is 348 g/mol. The van der Waals surface area contributed by atoms with Crippen LogP contribution in [-0.2, 0) is 7.05 Å². The molecule has 0 saturated carbocycles. The first-order valence-electron chi connectivity index (χ1n) is 8.69. The number of rotatable bonds is 2. The van der Waals surface area contributed by atoms with Gasteiger partial charge in [-0.25, -0.2) is 4.98 Å². The number of terminal acetylenes is 1. The van der Waals surface area contributed by atoms with Crippen molar-refractivity contribution >= 4 is 28.5 Å². The summed E-state index contributed by atoms with van der Waals surface area (Å²) in [4.78, 5) is 19.7.